The van der Waals surface area contributed by atoms with Crippen LogP contribution in [0.3, 0.4) is 0 Å². The maximum absolute atomic E-state index is 12.2. The second-order valence-corrected chi connectivity index (χ2v) is 8.98. The number of pyridine rings is 1. The molecule has 0 saturated carbocycles. The van der Waals surface area contributed by atoms with Gasteiger partial charge in [0.15, 0.2) is 0 Å². The van der Waals surface area contributed by atoms with Crippen LogP contribution in [0.1, 0.15) is 59.8 Å². The Hall–Kier alpha value is -2.00. The van der Waals surface area contributed by atoms with Crippen LogP contribution >= 0.6 is 0 Å². The van der Waals surface area contributed by atoms with Crippen molar-refractivity contribution in [2.45, 2.75) is 65.3 Å². The Bertz CT molecular complexity index is 781. The summed E-state index contributed by atoms with van der Waals surface area (Å²) < 4.78 is 46.6. The van der Waals surface area contributed by atoms with Crippen molar-refractivity contribution < 1.29 is 21.8 Å². The van der Waals surface area contributed by atoms with Gasteiger partial charge in [-0.25, -0.2) is 0 Å². The SMILES string of the molecule is CC1(C)CCCN(C(=[O+]n2ccccc2=O)N2CCCCC2)C1(C)C.F[B-](F)(F)F. The molecule has 10 heteroatoms. The number of urea groups is 1. The molecule has 2 aliphatic rings. The smallest absolute Gasteiger partial charge is 0.418 e. The fourth-order valence-electron chi connectivity index (χ4n) is 3.90. The highest BCUT2D eigenvalue weighted by molar-refractivity contribution is 6.50. The highest BCUT2D eigenvalue weighted by Crippen LogP contribution is 2.44. The lowest BCUT2D eigenvalue weighted by Crippen LogP contribution is -2.63. The van der Waals surface area contributed by atoms with Crippen LogP contribution in [0.4, 0.5) is 21.8 Å². The lowest BCUT2D eigenvalue weighted by molar-refractivity contribution is -0.246. The number of aromatic nitrogens is 1. The van der Waals surface area contributed by atoms with Crippen LogP contribution in [0.2, 0.25) is 0 Å². The van der Waals surface area contributed by atoms with Gasteiger partial charge < -0.3 is 17.3 Å². The maximum Gasteiger partial charge on any atom is 0.673 e. The van der Waals surface area contributed by atoms with Crippen molar-refractivity contribution in [1.29, 1.82) is 0 Å². The van der Waals surface area contributed by atoms with Gasteiger partial charge in [0.1, 0.15) is 6.20 Å². The van der Waals surface area contributed by atoms with Crippen molar-refractivity contribution in [1.82, 2.24) is 14.5 Å². The molecule has 0 atom stereocenters. The second-order valence-electron chi connectivity index (χ2n) is 8.98. The van der Waals surface area contributed by atoms with Gasteiger partial charge in [0.2, 0.25) is 0 Å². The normalized spacial score (nSPS) is 21.7. The van der Waals surface area contributed by atoms with E-state index in [9.17, 15) is 22.1 Å². The van der Waals surface area contributed by atoms with Crippen LogP contribution in [-0.2, 0) is 0 Å². The highest BCUT2D eigenvalue weighted by Gasteiger charge is 2.51. The molecule has 2 fully saturated rings. The van der Waals surface area contributed by atoms with E-state index in [1.165, 1.54) is 30.4 Å². The molecule has 0 radical (unpaired) electrons. The van der Waals surface area contributed by atoms with Gasteiger partial charge in [0.05, 0.1) is 4.73 Å². The van der Waals surface area contributed by atoms with Gasteiger partial charge in [-0.2, -0.15) is 0 Å². The first-order valence-electron chi connectivity index (χ1n) is 10.5. The van der Waals surface area contributed by atoms with Crippen molar-refractivity contribution >= 4 is 13.3 Å². The largest absolute Gasteiger partial charge is 0.673 e. The van der Waals surface area contributed by atoms with Gasteiger partial charge in [-0.05, 0) is 62.0 Å². The molecule has 3 rings (SSSR count). The predicted molar refractivity (Wildman–Crippen MR) is 111 cm³/mol. The molecule has 0 N–H and O–H groups in total. The van der Waals surface area contributed by atoms with Crippen LogP contribution in [0.5, 0.6) is 0 Å². The number of carbonyl (C=O) groups excluding carboxylic acids is 1. The molecule has 1 aromatic rings. The van der Waals surface area contributed by atoms with Crippen LogP contribution in [0.15, 0.2) is 29.2 Å². The molecule has 1 aromatic heterocycles. The van der Waals surface area contributed by atoms with Crippen molar-refractivity contribution in [3.8, 4) is 0 Å². The van der Waals surface area contributed by atoms with Crippen LogP contribution < -0.4 is 5.56 Å². The fraction of sp³-hybridized carbons (Fsp3) is 0.700. The van der Waals surface area contributed by atoms with Crippen LogP contribution in [0.25, 0.3) is 0 Å². The lowest BCUT2D eigenvalue weighted by atomic mass is 9.68. The summed E-state index contributed by atoms with van der Waals surface area (Å²) in [6.07, 6.45) is 7.66. The monoisotopic (exact) mass is 433 g/mol. The Labute approximate surface area is 175 Å². The number of hydrogen-bond donors (Lipinski definition) is 0. The van der Waals surface area contributed by atoms with Crippen molar-refractivity contribution in [2.75, 3.05) is 19.6 Å². The summed E-state index contributed by atoms with van der Waals surface area (Å²) in [6, 6.07) is 5.96. The zero-order valence-corrected chi connectivity index (χ0v) is 18.2. The second kappa shape index (κ2) is 9.43. The molecule has 0 aromatic carbocycles. The Morgan fingerprint density at radius 3 is 2.13 bits per heavy atom. The Morgan fingerprint density at radius 2 is 1.57 bits per heavy atom. The first kappa shape index (κ1) is 24.3. The maximum atomic E-state index is 12.2. The van der Waals surface area contributed by atoms with Gasteiger partial charge in [-0.1, -0.05) is 19.9 Å². The molecule has 170 valence electrons. The van der Waals surface area contributed by atoms with E-state index in [0.717, 1.165) is 32.1 Å². The molecule has 0 unspecified atom stereocenters. The van der Waals surface area contributed by atoms with Gasteiger partial charge >= 0.3 is 18.8 Å². The van der Waals surface area contributed by atoms with Gasteiger partial charge in [-0.3, -0.25) is 14.6 Å². The summed E-state index contributed by atoms with van der Waals surface area (Å²) in [5.41, 5.74) is -0.000601. The van der Waals surface area contributed by atoms with Gasteiger partial charge in [0.25, 0.3) is 0 Å². The Balaban J connectivity index is 0.000000575. The molecule has 0 spiro atoms. The minimum absolute atomic E-state index is 0.0452. The Kier molecular flexibility index (Phi) is 7.63. The molecule has 2 saturated heterocycles. The minimum Gasteiger partial charge on any atom is -0.418 e. The Morgan fingerprint density at radius 1 is 0.967 bits per heavy atom. The van der Waals surface area contributed by atoms with E-state index in [-0.39, 0.29) is 16.5 Å². The molecule has 0 aliphatic carbocycles. The van der Waals surface area contributed by atoms with Crippen LogP contribution in [-0.4, -0.2) is 53.0 Å². The molecule has 0 bridgehead atoms. The molecule has 2 aliphatic heterocycles. The quantitative estimate of drug-likeness (QED) is 0.351. The molecule has 2 amide bonds. The zero-order chi connectivity index (χ0) is 22.6. The van der Waals surface area contributed by atoms with Gasteiger partial charge in [0, 0.05) is 31.2 Å². The van der Waals surface area contributed by atoms with E-state index in [0.29, 0.717) is 0 Å². The van der Waals surface area contributed by atoms with E-state index in [1.807, 2.05) is 6.07 Å². The third-order valence-corrected chi connectivity index (χ3v) is 6.34. The van der Waals surface area contributed by atoms with Crippen LogP contribution in [0, 0.1) is 5.41 Å². The summed E-state index contributed by atoms with van der Waals surface area (Å²) in [5.74, 6) is 0. The highest BCUT2D eigenvalue weighted by atomic mass is 19.5. The summed E-state index contributed by atoms with van der Waals surface area (Å²) in [6.45, 7) is 12.2. The van der Waals surface area contributed by atoms with Crippen molar-refractivity contribution in [3.63, 3.8) is 0 Å². The van der Waals surface area contributed by atoms with E-state index >= 15 is 0 Å². The minimum atomic E-state index is -6.00. The molecule has 30 heavy (non-hydrogen) atoms. The third-order valence-electron chi connectivity index (χ3n) is 6.34. The zero-order valence-electron chi connectivity index (χ0n) is 18.2. The van der Waals surface area contributed by atoms with E-state index < -0.39 is 7.25 Å². The molecular weight excluding hydrogens is 401 g/mol. The lowest BCUT2D eigenvalue weighted by Gasteiger charge is -2.52. The first-order chi connectivity index (χ1) is 13.8. The number of amides is 2. The molecular formula is C20H32BF4N3O2. The topological polar surface area (TPSA) is 39.8 Å². The van der Waals surface area contributed by atoms with E-state index in [1.54, 1.807) is 18.3 Å². The predicted octanol–water partition coefficient (Wildman–Crippen LogP) is 4.95. The average Bonchev–Trinajstić information content (AvgIpc) is 2.63. The third kappa shape index (κ3) is 6.25. The summed E-state index contributed by atoms with van der Waals surface area (Å²) in [5, 5.41) is 0. The van der Waals surface area contributed by atoms with E-state index in [2.05, 4.69) is 37.5 Å². The van der Waals surface area contributed by atoms with E-state index in [4.69, 9.17) is 4.53 Å². The summed E-state index contributed by atoms with van der Waals surface area (Å²) in [7, 11) is -6.00. The van der Waals surface area contributed by atoms with Crippen molar-refractivity contribution in [2.24, 2.45) is 5.41 Å². The number of halogens is 4. The molecule has 3 heterocycles. The number of piperidine rings is 2. The molecule has 5 nitrogen and oxygen atoms in total. The van der Waals surface area contributed by atoms with Gasteiger partial charge in [-0.15, -0.1) is 0 Å². The number of hydrogen-bond acceptors (Lipinski definition) is 1. The standard InChI is InChI=1S/C20H32N3O2.BF4/c1-19(2)12-10-15-22(20(19,3)4)18(21-13-7-5-8-14-21)25-23-16-9-6-11-17(23)24;2-1(3,4)5/h6,9,11,16H,5,7-8,10,12-15H2,1-4H3;/q+1;-1. The number of likely N-dealkylation sites (tertiary alicyclic amines) is 2. The summed E-state index contributed by atoms with van der Waals surface area (Å²) >= 11 is 0. The summed E-state index contributed by atoms with van der Waals surface area (Å²) in [4.78, 5) is 16.9. The number of nitrogens with zero attached hydrogens (tertiary/aromatic N) is 3. The fourth-order valence-corrected chi connectivity index (χ4v) is 3.90. The van der Waals surface area contributed by atoms with Crippen molar-refractivity contribution in [3.05, 3.63) is 34.7 Å². The first-order valence-corrected chi connectivity index (χ1v) is 10.5. The number of rotatable bonds is 1. The average molecular weight is 433 g/mol.